The molecule has 2 rings (SSSR count). The number of hydrogen-bond donors (Lipinski definition) is 2. The number of thiazole rings is 1. The van der Waals surface area contributed by atoms with Crippen molar-refractivity contribution in [2.75, 3.05) is 12.3 Å². The van der Waals surface area contributed by atoms with E-state index in [4.69, 9.17) is 20.4 Å². The maximum absolute atomic E-state index is 11.1. The molecule has 0 spiro atoms. The van der Waals surface area contributed by atoms with Gasteiger partial charge in [0.1, 0.15) is 5.69 Å². The van der Waals surface area contributed by atoms with Gasteiger partial charge in [-0.25, -0.2) is 9.78 Å². The van der Waals surface area contributed by atoms with Gasteiger partial charge in [-0.2, -0.15) is 0 Å². The lowest BCUT2D eigenvalue weighted by Crippen LogP contribution is -2.23. The predicted molar refractivity (Wildman–Crippen MR) is 65.4 cm³/mol. The zero-order valence-corrected chi connectivity index (χ0v) is 10.4. The highest BCUT2D eigenvalue weighted by molar-refractivity contribution is 7.13. The van der Waals surface area contributed by atoms with E-state index in [0.717, 1.165) is 24.2 Å². The van der Waals surface area contributed by atoms with Crippen molar-refractivity contribution in [2.24, 2.45) is 5.16 Å². The number of ether oxygens (including phenoxy) is 1. The number of carboxylic acid groups (broad SMARTS) is 1. The van der Waals surface area contributed by atoms with Gasteiger partial charge in [-0.15, -0.1) is 11.3 Å². The first kappa shape index (κ1) is 12.8. The second-order valence-corrected chi connectivity index (χ2v) is 4.61. The van der Waals surface area contributed by atoms with Gasteiger partial charge in [-0.05, 0) is 12.8 Å². The summed E-state index contributed by atoms with van der Waals surface area (Å²) in [6, 6.07) is 0. The Hall–Kier alpha value is -1.67. The van der Waals surface area contributed by atoms with E-state index < -0.39 is 12.3 Å². The molecule has 1 atom stereocenters. The van der Waals surface area contributed by atoms with E-state index >= 15 is 0 Å². The number of nitrogen functional groups attached to an aromatic ring is 1. The third-order valence-electron chi connectivity index (χ3n) is 2.37. The molecular formula is C10H13N3O4S. The largest absolute Gasteiger partial charge is 0.476 e. The molecule has 0 radical (unpaired) electrons. The number of carboxylic acids is 1. The summed E-state index contributed by atoms with van der Waals surface area (Å²) in [7, 11) is 0. The van der Waals surface area contributed by atoms with Crippen LogP contribution in [0.3, 0.4) is 0 Å². The SMILES string of the molecule is Nc1nc(C(=NOC2CCCCO2)C(=O)O)cs1. The highest BCUT2D eigenvalue weighted by Crippen LogP contribution is 2.16. The summed E-state index contributed by atoms with van der Waals surface area (Å²) in [5.74, 6) is -1.21. The maximum atomic E-state index is 11.1. The Balaban J connectivity index is 2.07. The molecule has 1 aliphatic rings. The molecular weight excluding hydrogens is 258 g/mol. The van der Waals surface area contributed by atoms with Gasteiger partial charge >= 0.3 is 5.97 Å². The van der Waals surface area contributed by atoms with Gasteiger partial charge in [-0.3, -0.25) is 0 Å². The van der Waals surface area contributed by atoms with Crippen molar-refractivity contribution in [3.05, 3.63) is 11.1 Å². The minimum Gasteiger partial charge on any atom is -0.476 e. The van der Waals surface area contributed by atoms with E-state index in [-0.39, 0.29) is 16.5 Å². The highest BCUT2D eigenvalue weighted by atomic mass is 32.1. The number of aliphatic carboxylic acids is 1. The van der Waals surface area contributed by atoms with Crippen molar-refractivity contribution < 1.29 is 19.5 Å². The molecule has 1 aromatic heterocycles. The first-order chi connectivity index (χ1) is 8.66. The third-order valence-corrected chi connectivity index (χ3v) is 3.04. The van der Waals surface area contributed by atoms with Gasteiger partial charge in [0.05, 0.1) is 6.61 Å². The van der Waals surface area contributed by atoms with E-state index in [1.54, 1.807) is 0 Å². The Morgan fingerprint density at radius 2 is 2.50 bits per heavy atom. The van der Waals surface area contributed by atoms with Gasteiger partial charge in [-0.1, -0.05) is 5.16 Å². The fraction of sp³-hybridized carbons (Fsp3) is 0.500. The fourth-order valence-corrected chi connectivity index (χ4v) is 2.05. The smallest absolute Gasteiger partial charge is 0.360 e. The number of nitrogens with two attached hydrogens (primary N) is 1. The Morgan fingerprint density at radius 3 is 3.06 bits per heavy atom. The van der Waals surface area contributed by atoms with Gasteiger partial charge in [0.25, 0.3) is 0 Å². The van der Waals surface area contributed by atoms with Crippen molar-refractivity contribution in [3.63, 3.8) is 0 Å². The minimum absolute atomic E-state index is 0.195. The topological polar surface area (TPSA) is 107 Å². The average molecular weight is 271 g/mol. The normalized spacial score (nSPS) is 20.7. The summed E-state index contributed by atoms with van der Waals surface area (Å²) < 4.78 is 5.28. The molecule has 1 saturated heterocycles. The molecule has 1 aliphatic heterocycles. The van der Waals surface area contributed by atoms with Crippen LogP contribution in [0.15, 0.2) is 10.5 Å². The molecule has 0 aliphatic carbocycles. The molecule has 0 bridgehead atoms. The fourth-order valence-electron chi connectivity index (χ4n) is 1.50. The second kappa shape index (κ2) is 5.78. The van der Waals surface area contributed by atoms with Crippen LogP contribution in [0, 0.1) is 0 Å². The molecule has 0 aromatic carbocycles. The summed E-state index contributed by atoms with van der Waals surface area (Å²) in [6.45, 7) is 0.603. The lowest BCUT2D eigenvalue weighted by atomic mass is 10.2. The minimum atomic E-state index is -1.21. The van der Waals surface area contributed by atoms with Crippen LogP contribution in [0.1, 0.15) is 25.0 Å². The molecule has 7 nitrogen and oxygen atoms in total. The van der Waals surface area contributed by atoms with Crippen LogP contribution >= 0.6 is 11.3 Å². The van der Waals surface area contributed by atoms with Crippen molar-refractivity contribution in [1.29, 1.82) is 0 Å². The quantitative estimate of drug-likeness (QED) is 0.626. The molecule has 0 amide bonds. The molecule has 98 valence electrons. The molecule has 0 saturated carbocycles. The molecule has 1 unspecified atom stereocenters. The monoisotopic (exact) mass is 271 g/mol. The number of nitrogens with zero attached hydrogens (tertiary/aromatic N) is 2. The number of rotatable bonds is 4. The van der Waals surface area contributed by atoms with Crippen LogP contribution in [0.25, 0.3) is 0 Å². The highest BCUT2D eigenvalue weighted by Gasteiger charge is 2.20. The summed E-state index contributed by atoms with van der Waals surface area (Å²) in [5.41, 5.74) is 5.38. The second-order valence-electron chi connectivity index (χ2n) is 3.72. The summed E-state index contributed by atoms with van der Waals surface area (Å²) in [5, 5.41) is 14.5. The maximum Gasteiger partial charge on any atom is 0.360 e. The lowest BCUT2D eigenvalue weighted by Gasteiger charge is -2.20. The molecule has 18 heavy (non-hydrogen) atoms. The number of carbonyl (C=O) groups is 1. The van der Waals surface area contributed by atoms with Gasteiger partial charge in [0.2, 0.25) is 12.0 Å². The van der Waals surface area contributed by atoms with E-state index in [1.807, 2.05) is 0 Å². The van der Waals surface area contributed by atoms with Crippen molar-refractivity contribution in [3.8, 4) is 0 Å². The van der Waals surface area contributed by atoms with Crippen molar-refractivity contribution in [1.82, 2.24) is 4.98 Å². The average Bonchev–Trinajstić information content (AvgIpc) is 2.77. The van der Waals surface area contributed by atoms with Gasteiger partial charge < -0.3 is 20.4 Å². The first-order valence-electron chi connectivity index (χ1n) is 5.47. The zero-order chi connectivity index (χ0) is 13.0. The lowest BCUT2D eigenvalue weighted by molar-refractivity contribution is -0.162. The van der Waals surface area contributed by atoms with Crippen LogP contribution in [0.5, 0.6) is 0 Å². The van der Waals surface area contributed by atoms with Crippen molar-refractivity contribution in [2.45, 2.75) is 25.6 Å². The summed E-state index contributed by atoms with van der Waals surface area (Å²) in [6.07, 6.45) is 2.18. The summed E-state index contributed by atoms with van der Waals surface area (Å²) >= 11 is 1.15. The Labute approximate surface area is 107 Å². The van der Waals surface area contributed by atoms with Crippen LogP contribution < -0.4 is 5.73 Å². The van der Waals surface area contributed by atoms with Gasteiger partial charge in [0, 0.05) is 11.8 Å². The molecule has 1 fully saturated rings. The Kier molecular flexibility index (Phi) is 4.11. The number of aromatic nitrogens is 1. The standard InChI is InChI=1S/C10H13N3O4S/c11-10-12-6(5-18-10)8(9(14)15)13-17-7-3-1-2-4-16-7/h5,7H,1-4H2,(H2,11,12)(H,14,15). The molecule has 1 aromatic rings. The van der Waals surface area contributed by atoms with E-state index in [0.29, 0.717) is 13.0 Å². The van der Waals surface area contributed by atoms with E-state index in [1.165, 1.54) is 5.38 Å². The molecule has 3 N–H and O–H groups in total. The Morgan fingerprint density at radius 1 is 1.67 bits per heavy atom. The van der Waals surface area contributed by atoms with Gasteiger partial charge in [0.15, 0.2) is 5.13 Å². The predicted octanol–water partition coefficient (Wildman–Crippen LogP) is 1.06. The van der Waals surface area contributed by atoms with Crippen LogP contribution in [-0.4, -0.2) is 34.7 Å². The van der Waals surface area contributed by atoms with Crippen LogP contribution in [-0.2, 0) is 14.4 Å². The van der Waals surface area contributed by atoms with E-state index in [9.17, 15) is 4.79 Å². The molecule has 8 heteroatoms. The zero-order valence-electron chi connectivity index (χ0n) is 9.54. The van der Waals surface area contributed by atoms with Crippen molar-refractivity contribution >= 4 is 28.1 Å². The summed E-state index contributed by atoms with van der Waals surface area (Å²) in [4.78, 5) is 20.0. The van der Waals surface area contributed by atoms with Crippen LogP contribution in [0.4, 0.5) is 5.13 Å². The number of anilines is 1. The Bertz CT molecular complexity index is 454. The molecule has 2 heterocycles. The number of hydrogen-bond acceptors (Lipinski definition) is 7. The first-order valence-corrected chi connectivity index (χ1v) is 6.35. The van der Waals surface area contributed by atoms with E-state index in [2.05, 4.69) is 10.1 Å². The van der Waals surface area contributed by atoms with Crippen LogP contribution in [0.2, 0.25) is 0 Å². The third kappa shape index (κ3) is 3.17. The number of oxime groups is 1.